The van der Waals surface area contributed by atoms with Crippen molar-refractivity contribution in [1.82, 2.24) is 0 Å². The molecular formula is C10H11NO6. The van der Waals surface area contributed by atoms with Gasteiger partial charge < -0.3 is 15.3 Å². The third-order valence-corrected chi connectivity index (χ3v) is 2.24. The molecule has 1 aromatic rings. The molecule has 92 valence electrons. The molecule has 3 N–H and O–H groups in total. The number of rotatable bonds is 5. The molecule has 0 saturated heterocycles. The van der Waals surface area contributed by atoms with E-state index >= 15 is 0 Å². The molecule has 17 heavy (non-hydrogen) atoms. The van der Waals surface area contributed by atoms with Gasteiger partial charge in [-0.05, 0) is 6.07 Å². The van der Waals surface area contributed by atoms with E-state index in [0.717, 1.165) is 6.07 Å². The average Bonchev–Trinajstić information content (AvgIpc) is 2.35. The van der Waals surface area contributed by atoms with E-state index in [1.165, 1.54) is 18.2 Å². The molecule has 1 rings (SSSR count). The minimum Gasteiger partial charge on any atom is -0.388 e. The summed E-state index contributed by atoms with van der Waals surface area (Å²) >= 11 is 0. The van der Waals surface area contributed by atoms with Crippen molar-refractivity contribution in [2.24, 2.45) is 0 Å². The average molecular weight is 241 g/mol. The van der Waals surface area contributed by atoms with E-state index in [9.17, 15) is 25.1 Å². The van der Waals surface area contributed by atoms with E-state index in [4.69, 9.17) is 5.11 Å². The Labute approximate surface area is 96.1 Å². The molecule has 0 spiro atoms. The molecule has 0 heterocycles. The van der Waals surface area contributed by atoms with E-state index in [1.54, 1.807) is 0 Å². The molecule has 0 bridgehead atoms. The summed E-state index contributed by atoms with van der Waals surface area (Å²) in [6.45, 7) is -0.946. The third kappa shape index (κ3) is 2.84. The second-order valence-corrected chi connectivity index (χ2v) is 3.33. The van der Waals surface area contributed by atoms with Crippen LogP contribution in [-0.2, 0) is 4.79 Å². The monoisotopic (exact) mass is 241 g/mol. The van der Waals surface area contributed by atoms with Crippen molar-refractivity contribution in [2.75, 3.05) is 6.61 Å². The molecule has 0 fully saturated rings. The van der Waals surface area contributed by atoms with E-state index in [1.807, 2.05) is 0 Å². The maximum absolute atomic E-state index is 11.0. The lowest BCUT2D eigenvalue weighted by Gasteiger charge is -2.15. The maximum Gasteiger partial charge on any atom is 0.275 e. The molecule has 7 nitrogen and oxygen atoms in total. The maximum atomic E-state index is 11.0. The molecule has 0 radical (unpaired) electrons. The molecule has 0 aliphatic carbocycles. The van der Waals surface area contributed by atoms with Crippen LogP contribution in [0.1, 0.15) is 11.7 Å². The van der Waals surface area contributed by atoms with Gasteiger partial charge in [-0.3, -0.25) is 14.9 Å². The Morgan fingerprint density at radius 2 is 1.94 bits per heavy atom. The lowest BCUT2D eigenvalue weighted by atomic mass is 10.00. The predicted molar refractivity (Wildman–Crippen MR) is 56.2 cm³/mol. The van der Waals surface area contributed by atoms with Crippen LogP contribution in [0, 0.1) is 10.1 Å². The van der Waals surface area contributed by atoms with Gasteiger partial charge in [0.2, 0.25) is 0 Å². The molecule has 1 aromatic carbocycles. The van der Waals surface area contributed by atoms with E-state index in [-0.39, 0.29) is 5.56 Å². The molecule has 0 aliphatic rings. The zero-order valence-electron chi connectivity index (χ0n) is 8.68. The van der Waals surface area contributed by atoms with Crippen LogP contribution in [0.5, 0.6) is 0 Å². The Morgan fingerprint density at radius 3 is 2.47 bits per heavy atom. The molecule has 2 atom stereocenters. The van der Waals surface area contributed by atoms with Crippen molar-refractivity contribution in [1.29, 1.82) is 0 Å². The molecule has 0 unspecified atom stereocenters. The summed E-state index contributed by atoms with van der Waals surface area (Å²) in [6.07, 6.45) is -3.63. The highest BCUT2D eigenvalue weighted by atomic mass is 16.6. The van der Waals surface area contributed by atoms with Crippen LogP contribution < -0.4 is 0 Å². The zero-order chi connectivity index (χ0) is 13.0. The highest BCUT2D eigenvalue weighted by molar-refractivity contribution is 5.84. The smallest absolute Gasteiger partial charge is 0.275 e. The van der Waals surface area contributed by atoms with E-state index < -0.39 is 35.2 Å². The van der Waals surface area contributed by atoms with Gasteiger partial charge in [0, 0.05) is 6.07 Å². The van der Waals surface area contributed by atoms with Crippen LogP contribution in [0.4, 0.5) is 5.69 Å². The lowest BCUT2D eigenvalue weighted by Crippen LogP contribution is -2.30. The standard InChI is InChI=1S/C10H11NO6/c12-5-8(13)10(15)9(14)6-3-1-2-4-7(6)11(16)17/h1-4,9-10,12,14-15H,5H2/t9-,10-/m0/s1. The summed E-state index contributed by atoms with van der Waals surface area (Å²) in [5.41, 5.74) is -0.573. The van der Waals surface area contributed by atoms with Crippen molar-refractivity contribution >= 4 is 11.5 Å². The number of carbonyl (C=O) groups excluding carboxylic acids is 1. The molecular weight excluding hydrogens is 230 g/mol. The van der Waals surface area contributed by atoms with Gasteiger partial charge in [-0.2, -0.15) is 0 Å². The molecule has 0 amide bonds. The van der Waals surface area contributed by atoms with Gasteiger partial charge in [0.1, 0.15) is 18.8 Å². The highest BCUT2D eigenvalue weighted by Gasteiger charge is 2.29. The van der Waals surface area contributed by atoms with Crippen LogP contribution in [0.25, 0.3) is 0 Å². The fourth-order valence-electron chi connectivity index (χ4n) is 1.34. The van der Waals surface area contributed by atoms with Crippen molar-refractivity contribution in [3.05, 3.63) is 39.9 Å². The van der Waals surface area contributed by atoms with Crippen LogP contribution in [0.2, 0.25) is 0 Å². The van der Waals surface area contributed by atoms with Crippen molar-refractivity contribution in [3.63, 3.8) is 0 Å². The van der Waals surface area contributed by atoms with Crippen LogP contribution in [0.3, 0.4) is 0 Å². The van der Waals surface area contributed by atoms with Gasteiger partial charge in [0.15, 0.2) is 5.78 Å². The quantitative estimate of drug-likeness (QED) is 0.474. The van der Waals surface area contributed by atoms with Gasteiger partial charge in [0.25, 0.3) is 5.69 Å². The van der Waals surface area contributed by atoms with Gasteiger partial charge >= 0.3 is 0 Å². The number of benzene rings is 1. The number of Topliss-reactive ketones (excluding diaryl/α,β-unsaturated/α-hetero) is 1. The normalized spacial score (nSPS) is 14.1. The first-order valence-electron chi connectivity index (χ1n) is 4.72. The number of nitrogens with zero attached hydrogens (tertiary/aromatic N) is 1. The first-order valence-corrected chi connectivity index (χ1v) is 4.72. The topological polar surface area (TPSA) is 121 Å². The number of para-hydroxylation sites is 1. The van der Waals surface area contributed by atoms with Crippen LogP contribution in [-0.4, -0.2) is 38.7 Å². The number of aliphatic hydroxyl groups is 3. The van der Waals surface area contributed by atoms with Gasteiger partial charge in [-0.1, -0.05) is 12.1 Å². The predicted octanol–water partition coefficient (Wildman–Crippen LogP) is -0.450. The molecule has 0 saturated carbocycles. The Hall–Kier alpha value is -1.83. The summed E-state index contributed by atoms with van der Waals surface area (Å²) in [5, 5.41) is 38.2. The fourth-order valence-corrected chi connectivity index (χ4v) is 1.34. The minimum absolute atomic E-state index is 0.174. The van der Waals surface area contributed by atoms with Crippen molar-refractivity contribution in [2.45, 2.75) is 12.2 Å². The second-order valence-electron chi connectivity index (χ2n) is 3.33. The fraction of sp³-hybridized carbons (Fsp3) is 0.300. The van der Waals surface area contributed by atoms with Gasteiger partial charge in [0.05, 0.1) is 10.5 Å². The number of ketones is 1. The lowest BCUT2D eigenvalue weighted by molar-refractivity contribution is -0.386. The van der Waals surface area contributed by atoms with E-state index in [2.05, 4.69) is 0 Å². The summed E-state index contributed by atoms with van der Waals surface area (Å²) in [4.78, 5) is 20.9. The minimum atomic E-state index is -1.89. The highest BCUT2D eigenvalue weighted by Crippen LogP contribution is 2.27. The first-order chi connectivity index (χ1) is 7.99. The number of carbonyl (C=O) groups is 1. The van der Waals surface area contributed by atoms with E-state index in [0.29, 0.717) is 0 Å². The Bertz CT molecular complexity index is 433. The Morgan fingerprint density at radius 1 is 1.35 bits per heavy atom. The molecule has 0 aliphatic heterocycles. The first kappa shape index (κ1) is 13.2. The van der Waals surface area contributed by atoms with Gasteiger partial charge in [-0.25, -0.2) is 0 Å². The summed E-state index contributed by atoms with van der Waals surface area (Å²) < 4.78 is 0. The zero-order valence-corrected chi connectivity index (χ0v) is 8.68. The Kier molecular flexibility index (Phi) is 4.27. The summed E-state index contributed by atoms with van der Waals surface area (Å²) in [5.74, 6) is -1.00. The summed E-state index contributed by atoms with van der Waals surface area (Å²) in [6, 6.07) is 5.21. The number of nitro groups is 1. The number of hydrogen-bond acceptors (Lipinski definition) is 6. The van der Waals surface area contributed by atoms with Crippen LogP contribution in [0.15, 0.2) is 24.3 Å². The Balaban J connectivity index is 3.07. The number of nitro benzene ring substituents is 1. The third-order valence-electron chi connectivity index (χ3n) is 2.24. The second kappa shape index (κ2) is 5.48. The number of hydrogen-bond donors (Lipinski definition) is 3. The molecule has 0 aromatic heterocycles. The SMILES string of the molecule is O=C(CO)[C@H](O)[C@@H](O)c1ccccc1[N+](=O)[O-]. The van der Waals surface area contributed by atoms with Crippen molar-refractivity contribution in [3.8, 4) is 0 Å². The largest absolute Gasteiger partial charge is 0.388 e. The van der Waals surface area contributed by atoms with Crippen molar-refractivity contribution < 1.29 is 25.0 Å². The summed E-state index contributed by atoms with van der Waals surface area (Å²) in [7, 11) is 0. The van der Waals surface area contributed by atoms with Gasteiger partial charge in [-0.15, -0.1) is 0 Å². The van der Waals surface area contributed by atoms with Crippen LogP contribution >= 0.6 is 0 Å². The molecule has 7 heteroatoms. The number of aliphatic hydroxyl groups excluding tert-OH is 3.